The van der Waals surface area contributed by atoms with E-state index in [9.17, 15) is 5.11 Å². The monoisotopic (exact) mass is 378 g/mol. The Morgan fingerprint density at radius 3 is 2.71 bits per heavy atom. The molecule has 3 aromatic rings. The van der Waals surface area contributed by atoms with Crippen LogP contribution in [0.2, 0.25) is 0 Å². The molecule has 0 atom stereocenters. The largest absolute Gasteiger partial charge is 0.507 e. The van der Waals surface area contributed by atoms with Gasteiger partial charge in [-0.3, -0.25) is 0 Å². The molecular weight excluding hydrogens is 356 g/mol. The molecule has 1 aliphatic rings. The standard InChI is InChI=1S/C23H22O5/c1-14-12-27-23(15(2)22(14)24)21-11-17-10-19(7-8-20(17)28-21)26-13-16-5-4-6-18(9-16)25-3/h4-11,24H,12-13H2,1-3H3. The molecule has 0 amide bonds. The Labute approximate surface area is 163 Å². The summed E-state index contributed by atoms with van der Waals surface area (Å²) in [6.45, 7) is 4.46. The van der Waals surface area contributed by atoms with Crippen molar-refractivity contribution in [1.82, 2.24) is 0 Å². The quantitative estimate of drug-likeness (QED) is 0.625. The van der Waals surface area contributed by atoms with Gasteiger partial charge in [-0.2, -0.15) is 0 Å². The number of methoxy groups -OCH3 is 1. The van der Waals surface area contributed by atoms with Crippen molar-refractivity contribution in [1.29, 1.82) is 0 Å². The maximum absolute atomic E-state index is 10.2. The van der Waals surface area contributed by atoms with Crippen molar-refractivity contribution < 1.29 is 23.7 Å². The van der Waals surface area contributed by atoms with Gasteiger partial charge in [0.15, 0.2) is 11.5 Å². The number of furan rings is 1. The second kappa shape index (κ2) is 7.35. The number of hydrogen-bond acceptors (Lipinski definition) is 5. The molecule has 0 spiro atoms. The topological polar surface area (TPSA) is 61.1 Å². The van der Waals surface area contributed by atoms with Crippen molar-refractivity contribution in [3.63, 3.8) is 0 Å². The highest BCUT2D eigenvalue weighted by Gasteiger charge is 2.21. The summed E-state index contributed by atoms with van der Waals surface area (Å²) in [6, 6.07) is 15.4. The third kappa shape index (κ3) is 3.43. The van der Waals surface area contributed by atoms with Gasteiger partial charge in [0.05, 0.1) is 7.11 Å². The number of rotatable bonds is 5. The van der Waals surface area contributed by atoms with Gasteiger partial charge in [-0.25, -0.2) is 0 Å². The zero-order valence-corrected chi connectivity index (χ0v) is 16.1. The summed E-state index contributed by atoms with van der Waals surface area (Å²) in [5.74, 6) is 2.98. The summed E-state index contributed by atoms with van der Waals surface area (Å²) in [6.07, 6.45) is 0. The molecule has 28 heavy (non-hydrogen) atoms. The van der Waals surface area contributed by atoms with Crippen LogP contribution in [0, 0.1) is 0 Å². The van der Waals surface area contributed by atoms with Gasteiger partial charge < -0.3 is 23.7 Å². The van der Waals surface area contributed by atoms with Crippen LogP contribution in [0.4, 0.5) is 0 Å². The fourth-order valence-electron chi connectivity index (χ4n) is 3.19. The Bertz CT molecular complexity index is 1090. The smallest absolute Gasteiger partial charge is 0.170 e. The molecule has 0 aliphatic carbocycles. The Morgan fingerprint density at radius 2 is 1.89 bits per heavy atom. The van der Waals surface area contributed by atoms with Crippen molar-refractivity contribution in [2.75, 3.05) is 13.7 Å². The first-order valence-electron chi connectivity index (χ1n) is 9.07. The highest BCUT2D eigenvalue weighted by Crippen LogP contribution is 2.34. The van der Waals surface area contributed by atoms with E-state index in [0.717, 1.165) is 33.6 Å². The normalized spacial score (nSPS) is 14.4. The predicted molar refractivity (Wildman–Crippen MR) is 107 cm³/mol. The molecule has 0 saturated heterocycles. The molecule has 4 rings (SSSR count). The summed E-state index contributed by atoms with van der Waals surface area (Å²) >= 11 is 0. The van der Waals surface area contributed by atoms with E-state index in [1.165, 1.54) is 0 Å². The van der Waals surface area contributed by atoms with E-state index in [2.05, 4.69) is 0 Å². The van der Waals surface area contributed by atoms with Crippen LogP contribution in [-0.2, 0) is 11.3 Å². The van der Waals surface area contributed by atoms with E-state index in [1.54, 1.807) is 7.11 Å². The van der Waals surface area contributed by atoms with E-state index in [1.807, 2.05) is 62.4 Å². The molecule has 2 aromatic carbocycles. The molecule has 2 heterocycles. The number of fused-ring (bicyclic) bond motifs is 1. The van der Waals surface area contributed by atoms with Crippen LogP contribution in [0.3, 0.4) is 0 Å². The predicted octanol–water partition coefficient (Wildman–Crippen LogP) is 5.61. The fourth-order valence-corrected chi connectivity index (χ4v) is 3.19. The van der Waals surface area contributed by atoms with Crippen LogP contribution in [-0.4, -0.2) is 18.8 Å². The van der Waals surface area contributed by atoms with E-state index >= 15 is 0 Å². The van der Waals surface area contributed by atoms with Gasteiger partial charge in [0.25, 0.3) is 0 Å². The van der Waals surface area contributed by atoms with Gasteiger partial charge in [-0.05, 0) is 55.8 Å². The molecule has 1 aromatic heterocycles. The van der Waals surface area contributed by atoms with Crippen molar-refractivity contribution >= 4 is 16.7 Å². The lowest BCUT2D eigenvalue weighted by Crippen LogP contribution is -2.08. The third-order valence-electron chi connectivity index (χ3n) is 4.78. The Hall–Kier alpha value is -3.34. The lowest BCUT2D eigenvalue weighted by molar-refractivity contribution is 0.272. The summed E-state index contributed by atoms with van der Waals surface area (Å²) in [5.41, 5.74) is 3.25. The molecule has 0 bridgehead atoms. The maximum Gasteiger partial charge on any atom is 0.170 e. The SMILES string of the molecule is COc1cccc(COc2ccc3oc(C4=C(C)C(O)=C(C)CO4)cc3c2)c1. The molecule has 5 nitrogen and oxygen atoms in total. The zero-order chi connectivity index (χ0) is 19.7. The number of benzene rings is 2. The highest BCUT2D eigenvalue weighted by molar-refractivity contribution is 5.83. The Kier molecular flexibility index (Phi) is 4.74. The lowest BCUT2D eigenvalue weighted by atomic mass is 10.1. The van der Waals surface area contributed by atoms with Crippen molar-refractivity contribution in [3.05, 3.63) is 76.8 Å². The number of ether oxygens (including phenoxy) is 3. The summed E-state index contributed by atoms with van der Waals surface area (Å²) in [7, 11) is 1.65. The first-order chi connectivity index (χ1) is 13.5. The van der Waals surface area contributed by atoms with Gasteiger partial charge in [0, 0.05) is 16.5 Å². The number of aliphatic hydroxyl groups is 1. The van der Waals surface area contributed by atoms with Crippen LogP contribution in [0.5, 0.6) is 11.5 Å². The minimum atomic E-state index is 0.268. The van der Waals surface area contributed by atoms with Gasteiger partial charge >= 0.3 is 0 Å². The molecule has 0 saturated carbocycles. The van der Waals surface area contributed by atoms with E-state index in [-0.39, 0.29) is 5.76 Å². The number of hydrogen-bond donors (Lipinski definition) is 1. The Morgan fingerprint density at radius 1 is 1.04 bits per heavy atom. The molecule has 1 aliphatic heterocycles. The van der Waals surface area contributed by atoms with Gasteiger partial charge in [0.1, 0.15) is 36.1 Å². The molecule has 0 fully saturated rings. The maximum atomic E-state index is 10.2. The minimum absolute atomic E-state index is 0.268. The van der Waals surface area contributed by atoms with Crippen LogP contribution in [0.15, 0.2) is 69.9 Å². The van der Waals surface area contributed by atoms with Crippen molar-refractivity contribution in [2.24, 2.45) is 0 Å². The second-order valence-electron chi connectivity index (χ2n) is 6.82. The first-order valence-corrected chi connectivity index (χ1v) is 9.07. The van der Waals surface area contributed by atoms with E-state index in [0.29, 0.717) is 30.3 Å². The van der Waals surface area contributed by atoms with E-state index < -0.39 is 0 Å². The molecule has 5 heteroatoms. The molecular formula is C23H22O5. The molecule has 0 unspecified atom stereocenters. The van der Waals surface area contributed by atoms with E-state index in [4.69, 9.17) is 18.6 Å². The zero-order valence-electron chi connectivity index (χ0n) is 16.1. The minimum Gasteiger partial charge on any atom is -0.507 e. The van der Waals surface area contributed by atoms with Crippen LogP contribution in [0.1, 0.15) is 25.2 Å². The highest BCUT2D eigenvalue weighted by atomic mass is 16.5. The molecule has 0 radical (unpaired) electrons. The number of allylic oxidation sites excluding steroid dienone is 1. The summed E-state index contributed by atoms with van der Waals surface area (Å²) in [4.78, 5) is 0. The molecule has 1 N–H and O–H groups in total. The van der Waals surface area contributed by atoms with Crippen LogP contribution in [0.25, 0.3) is 16.7 Å². The third-order valence-corrected chi connectivity index (χ3v) is 4.78. The van der Waals surface area contributed by atoms with Crippen molar-refractivity contribution in [3.8, 4) is 11.5 Å². The molecule has 144 valence electrons. The Balaban J connectivity index is 1.57. The van der Waals surface area contributed by atoms with Crippen molar-refractivity contribution in [2.45, 2.75) is 20.5 Å². The van der Waals surface area contributed by atoms with Gasteiger partial charge in [-0.1, -0.05) is 12.1 Å². The first kappa shape index (κ1) is 18.0. The van der Waals surface area contributed by atoms with Crippen LogP contribution >= 0.6 is 0 Å². The second-order valence-corrected chi connectivity index (χ2v) is 6.82. The average Bonchev–Trinajstić information content (AvgIpc) is 3.13. The van der Waals surface area contributed by atoms with Gasteiger partial charge in [-0.15, -0.1) is 0 Å². The average molecular weight is 378 g/mol. The number of aliphatic hydroxyl groups excluding tert-OH is 1. The summed E-state index contributed by atoms with van der Waals surface area (Å²) in [5, 5.41) is 11.1. The van der Waals surface area contributed by atoms with Crippen LogP contribution < -0.4 is 9.47 Å². The fraction of sp³-hybridized carbons (Fsp3) is 0.217. The van der Waals surface area contributed by atoms with Gasteiger partial charge in [0.2, 0.25) is 0 Å². The summed E-state index contributed by atoms with van der Waals surface area (Å²) < 4.78 is 22.9. The lowest BCUT2D eigenvalue weighted by Gasteiger charge is -2.18.